The molecule has 1 N–H and O–H groups in total. The Kier molecular flexibility index (Phi) is 11.3. The van der Waals surface area contributed by atoms with Gasteiger partial charge >= 0.3 is 0 Å². The standard InChI is InChI=1S/C19H34N6O3S.HI/c1-16(2)28-12-13-29(26,27)25-10-8-24(9-11-25)19(20-3)22-15-17-6-7-21-18(14-17)23(4)5;/h6-7,14,16H,8-13,15H2,1-5H3,(H,20,22);1H. The van der Waals surface area contributed by atoms with Crippen LogP contribution in [-0.2, 0) is 21.3 Å². The summed E-state index contributed by atoms with van der Waals surface area (Å²) < 4.78 is 31.9. The fourth-order valence-electron chi connectivity index (χ4n) is 3.02. The number of hydrogen-bond donors (Lipinski definition) is 1. The summed E-state index contributed by atoms with van der Waals surface area (Å²) in [7, 11) is 2.37. The lowest BCUT2D eigenvalue weighted by Crippen LogP contribution is -2.54. The number of anilines is 1. The first kappa shape index (κ1) is 26.9. The van der Waals surface area contributed by atoms with Crippen LogP contribution in [0, 0.1) is 0 Å². The first-order valence-corrected chi connectivity index (χ1v) is 11.5. The predicted molar refractivity (Wildman–Crippen MR) is 132 cm³/mol. The predicted octanol–water partition coefficient (Wildman–Crippen LogP) is 1.21. The number of aromatic nitrogens is 1. The van der Waals surface area contributed by atoms with E-state index in [0.29, 0.717) is 32.7 Å². The lowest BCUT2D eigenvalue weighted by Gasteiger charge is -2.35. The molecule has 1 aromatic rings. The zero-order chi connectivity index (χ0) is 21.4. The smallest absolute Gasteiger partial charge is 0.216 e. The zero-order valence-corrected chi connectivity index (χ0v) is 21.7. The maximum absolute atomic E-state index is 12.5. The average Bonchev–Trinajstić information content (AvgIpc) is 2.68. The summed E-state index contributed by atoms with van der Waals surface area (Å²) in [5, 5.41) is 3.36. The molecule has 1 fully saturated rings. The summed E-state index contributed by atoms with van der Waals surface area (Å²) >= 11 is 0. The maximum atomic E-state index is 12.5. The summed E-state index contributed by atoms with van der Waals surface area (Å²) in [6, 6.07) is 4.00. The van der Waals surface area contributed by atoms with E-state index in [0.717, 1.165) is 17.3 Å². The summed E-state index contributed by atoms with van der Waals surface area (Å²) in [4.78, 5) is 12.7. The van der Waals surface area contributed by atoms with Crippen molar-refractivity contribution in [2.45, 2.75) is 26.5 Å². The summed E-state index contributed by atoms with van der Waals surface area (Å²) in [6.45, 7) is 6.75. The van der Waals surface area contributed by atoms with Crippen molar-refractivity contribution in [1.29, 1.82) is 0 Å². The van der Waals surface area contributed by atoms with Crippen LogP contribution in [0.5, 0.6) is 0 Å². The van der Waals surface area contributed by atoms with Crippen molar-refractivity contribution >= 4 is 45.8 Å². The van der Waals surface area contributed by atoms with Gasteiger partial charge in [0.25, 0.3) is 0 Å². The molecule has 0 atom stereocenters. The SMILES string of the molecule is CN=C(NCc1ccnc(N(C)C)c1)N1CCN(S(=O)(=O)CCOC(C)C)CC1.I. The number of nitrogens with zero attached hydrogens (tertiary/aromatic N) is 5. The van der Waals surface area contributed by atoms with Gasteiger partial charge in [0.05, 0.1) is 18.5 Å². The van der Waals surface area contributed by atoms with Crippen molar-refractivity contribution in [2.75, 3.05) is 64.6 Å². The number of pyridine rings is 1. The molecule has 0 saturated carbocycles. The van der Waals surface area contributed by atoms with E-state index in [1.54, 1.807) is 17.5 Å². The van der Waals surface area contributed by atoms with Crippen LogP contribution >= 0.6 is 24.0 Å². The van der Waals surface area contributed by atoms with Crippen LogP contribution in [0.25, 0.3) is 0 Å². The van der Waals surface area contributed by atoms with Crippen molar-refractivity contribution in [3.63, 3.8) is 0 Å². The molecule has 2 heterocycles. The number of aliphatic imine (C=N–C) groups is 1. The van der Waals surface area contributed by atoms with E-state index in [4.69, 9.17) is 4.74 Å². The number of guanidine groups is 1. The Labute approximate surface area is 197 Å². The minimum atomic E-state index is -3.29. The highest BCUT2D eigenvalue weighted by Gasteiger charge is 2.28. The number of nitrogens with one attached hydrogen (secondary N) is 1. The van der Waals surface area contributed by atoms with E-state index in [9.17, 15) is 8.42 Å². The second kappa shape index (κ2) is 12.6. The van der Waals surface area contributed by atoms with Crippen molar-refractivity contribution < 1.29 is 13.2 Å². The van der Waals surface area contributed by atoms with E-state index in [2.05, 4.69) is 20.2 Å². The van der Waals surface area contributed by atoms with Crippen LogP contribution in [0.1, 0.15) is 19.4 Å². The number of hydrogen-bond acceptors (Lipinski definition) is 6. The Morgan fingerprint density at radius 2 is 1.97 bits per heavy atom. The first-order chi connectivity index (χ1) is 13.7. The minimum absolute atomic E-state index is 0. The lowest BCUT2D eigenvalue weighted by atomic mass is 10.2. The Bertz CT molecular complexity index is 780. The van der Waals surface area contributed by atoms with Gasteiger partial charge in [-0.15, -0.1) is 24.0 Å². The van der Waals surface area contributed by atoms with Crippen LogP contribution in [0.4, 0.5) is 5.82 Å². The molecule has 0 bridgehead atoms. The monoisotopic (exact) mass is 554 g/mol. The van der Waals surface area contributed by atoms with Crippen molar-refractivity contribution in [2.24, 2.45) is 4.99 Å². The van der Waals surface area contributed by atoms with E-state index < -0.39 is 10.0 Å². The minimum Gasteiger partial charge on any atom is -0.378 e. The van der Waals surface area contributed by atoms with Gasteiger partial charge in [-0.25, -0.2) is 13.4 Å². The molecule has 0 amide bonds. The third-order valence-electron chi connectivity index (χ3n) is 4.65. The number of rotatable bonds is 8. The molecule has 0 aromatic carbocycles. The van der Waals surface area contributed by atoms with Gasteiger partial charge in [-0.05, 0) is 31.5 Å². The molecule has 11 heteroatoms. The van der Waals surface area contributed by atoms with Gasteiger partial charge in [-0.3, -0.25) is 4.99 Å². The highest BCUT2D eigenvalue weighted by atomic mass is 127. The van der Waals surface area contributed by atoms with Gasteiger partial charge in [0.15, 0.2) is 5.96 Å². The first-order valence-electron chi connectivity index (χ1n) is 9.90. The molecule has 1 aliphatic rings. The van der Waals surface area contributed by atoms with Gasteiger partial charge in [-0.2, -0.15) is 4.31 Å². The van der Waals surface area contributed by atoms with Crippen LogP contribution < -0.4 is 10.2 Å². The van der Waals surface area contributed by atoms with Crippen LogP contribution in [0.3, 0.4) is 0 Å². The molecule has 172 valence electrons. The number of halogens is 1. The molecule has 0 spiro atoms. The van der Waals surface area contributed by atoms with Crippen molar-refractivity contribution in [1.82, 2.24) is 19.5 Å². The molecular formula is C19H35IN6O3S. The van der Waals surface area contributed by atoms with Gasteiger partial charge in [-0.1, -0.05) is 0 Å². The molecule has 1 saturated heterocycles. The largest absolute Gasteiger partial charge is 0.378 e. The van der Waals surface area contributed by atoms with Crippen LogP contribution in [-0.4, -0.2) is 94.4 Å². The Hall–Kier alpha value is -1.18. The Morgan fingerprint density at radius 3 is 2.53 bits per heavy atom. The number of piperazine rings is 1. The number of sulfonamides is 1. The normalized spacial score (nSPS) is 15.8. The topological polar surface area (TPSA) is 90.4 Å². The highest BCUT2D eigenvalue weighted by molar-refractivity contribution is 14.0. The molecule has 0 unspecified atom stereocenters. The van der Waals surface area contributed by atoms with Gasteiger partial charge in [0, 0.05) is 60.1 Å². The molecule has 9 nitrogen and oxygen atoms in total. The van der Waals surface area contributed by atoms with E-state index in [-0.39, 0.29) is 42.4 Å². The average molecular weight is 554 g/mol. The van der Waals surface area contributed by atoms with Crippen molar-refractivity contribution in [3.8, 4) is 0 Å². The Balaban J connectivity index is 0.00000450. The molecule has 0 aliphatic carbocycles. The van der Waals surface area contributed by atoms with E-state index >= 15 is 0 Å². The Morgan fingerprint density at radius 1 is 1.30 bits per heavy atom. The van der Waals surface area contributed by atoms with Gasteiger partial charge < -0.3 is 19.9 Å². The third-order valence-corrected chi connectivity index (χ3v) is 6.49. The van der Waals surface area contributed by atoms with Crippen LogP contribution in [0.2, 0.25) is 0 Å². The molecule has 1 aliphatic heterocycles. The van der Waals surface area contributed by atoms with E-state index in [1.807, 2.05) is 45.0 Å². The number of ether oxygens (including phenoxy) is 1. The highest BCUT2D eigenvalue weighted by Crippen LogP contribution is 2.11. The maximum Gasteiger partial charge on any atom is 0.216 e. The summed E-state index contributed by atoms with van der Waals surface area (Å²) in [5.74, 6) is 1.70. The fraction of sp³-hybridized carbons (Fsp3) is 0.684. The molecule has 1 aromatic heterocycles. The molecular weight excluding hydrogens is 519 g/mol. The zero-order valence-electron chi connectivity index (χ0n) is 18.5. The third kappa shape index (κ3) is 8.16. The van der Waals surface area contributed by atoms with Crippen molar-refractivity contribution in [3.05, 3.63) is 23.9 Å². The molecule has 0 radical (unpaired) electrons. The quantitative estimate of drug-likeness (QED) is 0.294. The second-order valence-corrected chi connectivity index (χ2v) is 9.53. The molecule has 2 rings (SSSR count). The van der Waals surface area contributed by atoms with E-state index in [1.165, 1.54) is 0 Å². The van der Waals surface area contributed by atoms with Crippen LogP contribution in [0.15, 0.2) is 23.3 Å². The lowest BCUT2D eigenvalue weighted by molar-refractivity contribution is 0.0904. The second-order valence-electron chi connectivity index (χ2n) is 7.44. The fourth-order valence-corrected chi connectivity index (χ4v) is 4.31. The van der Waals surface area contributed by atoms with Gasteiger partial charge in [0.1, 0.15) is 5.82 Å². The molecule has 30 heavy (non-hydrogen) atoms. The summed E-state index contributed by atoms with van der Waals surface area (Å²) in [6.07, 6.45) is 1.83. The summed E-state index contributed by atoms with van der Waals surface area (Å²) in [5.41, 5.74) is 1.11. The van der Waals surface area contributed by atoms with Gasteiger partial charge in [0.2, 0.25) is 10.0 Å².